The van der Waals surface area contributed by atoms with Gasteiger partial charge in [0.15, 0.2) is 5.78 Å². The molecule has 0 bridgehead atoms. The molecular weight excluding hydrogens is 342 g/mol. The quantitative estimate of drug-likeness (QED) is 0.663. The van der Waals surface area contributed by atoms with Crippen LogP contribution < -0.4 is 10.5 Å². The van der Waals surface area contributed by atoms with Gasteiger partial charge >= 0.3 is 0 Å². The lowest BCUT2D eigenvalue weighted by molar-refractivity contribution is 0.103. The Labute approximate surface area is 130 Å². The Morgan fingerprint density at radius 3 is 2.55 bits per heavy atom. The normalized spacial score (nSPS) is 10.4. The minimum atomic E-state index is -0.164. The number of carbonyl (C=O) groups excluding carboxylic acids is 1. The van der Waals surface area contributed by atoms with Gasteiger partial charge in [0.1, 0.15) is 5.75 Å². The number of nitrogen functional groups attached to an aromatic ring is 1. The molecule has 2 N–H and O–H groups in total. The zero-order valence-corrected chi connectivity index (χ0v) is 13.4. The number of anilines is 1. The maximum absolute atomic E-state index is 12.6. The van der Waals surface area contributed by atoms with Crippen molar-refractivity contribution in [3.63, 3.8) is 0 Å². The average Bonchev–Trinajstić information content (AvgIpc) is 2.41. The number of nitrogens with two attached hydrogens (primary N) is 1. The summed E-state index contributed by atoms with van der Waals surface area (Å²) in [5, 5.41) is 0.354. The third-order valence-corrected chi connectivity index (χ3v) is 3.85. The van der Waals surface area contributed by atoms with Crippen LogP contribution in [-0.4, -0.2) is 12.9 Å². The number of ketones is 1. The summed E-state index contributed by atoms with van der Waals surface area (Å²) < 4.78 is 5.83. The van der Waals surface area contributed by atoms with Crippen LogP contribution in [-0.2, 0) is 0 Å². The van der Waals surface area contributed by atoms with Gasteiger partial charge in [-0.25, -0.2) is 0 Å². The van der Waals surface area contributed by atoms with Crippen molar-refractivity contribution in [2.45, 2.75) is 6.92 Å². The second-order valence-electron chi connectivity index (χ2n) is 4.34. The average molecular weight is 355 g/mol. The highest BCUT2D eigenvalue weighted by Gasteiger charge is 2.17. The van der Waals surface area contributed by atoms with E-state index < -0.39 is 0 Å². The van der Waals surface area contributed by atoms with E-state index in [0.29, 0.717) is 27.6 Å². The summed E-state index contributed by atoms with van der Waals surface area (Å²) in [6, 6.07) is 8.48. The Kier molecular flexibility index (Phi) is 4.35. The monoisotopic (exact) mass is 353 g/mol. The maximum atomic E-state index is 12.6. The van der Waals surface area contributed by atoms with E-state index in [1.807, 2.05) is 6.92 Å². The van der Waals surface area contributed by atoms with Crippen LogP contribution in [0.4, 0.5) is 5.69 Å². The predicted molar refractivity (Wildman–Crippen MR) is 84.7 cm³/mol. The van der Waals surface area contributed by atoms with Crippen molar-refractivity contribution in [3.8, 4) is 5.75 Å². The lowest BCUT2D eigenvalue weighted by Gasteiger charge is -2.10. The molecule has 20 heavy (non-hydrogen) atoms. The predicted octanol–water partition coefficient (Wildman–Crippen LogP) is 4.23. The van der Waals surface area contributed by atoms with Gasteiger partial charge in [0, 0.05) is 21.3 Å². The molecule has 0 aliphatic heterocycles. The first kappa shape index (κ1) is 14.9. The van der Waals surface area contributed by atoms with E-state index in [0.717, 1.165) is 10.0 Å². The summed E-state index contributed by atoms with van der Waals surface area (Å²) in [7, 11) is 1.55. The number of benzene rings is 2. The molecule has 2 aromatic carbocycles. The van der Waals surface area contributed by atoms with E-state index in [-0.39, 0.29) is 5.78 Å². The Morgan fingerprint density at radius 2 is 1.95 bits per heavy atom. The lowest BCUT2D eigenvalue weighted by Crippen LogP contribution is -2.07. The molecule has 0 saturated heterocycles. The van der Waals surface area contributed by atoms with Crippen molar-refractivity contribution in [2.75, 3.05) is 12.8 Å². The zero-order valence-electron chi connectivity index (χ0n) is 11.0. The molecule has 5 heteroatoms. The van der Waals surface area contributed by atoms with Crippen LogP contribution in [0.15, 0.2) is 34.8 Å². The van der Waals surface area contributed by atoms with E-state index in [9.17, 15) is 4.79 Å². The van der Waals surface area contributed by atoms with Gasteiger partial charge < -0.3 is 10.5 Å². The summed E-state index contributed by atoms with van der Waals surface area (Å²) in [6.07, 6.45) is 0. The first-order chi connectivity index (χ1) is 9.43. The third-order valence-electron chi connectivity index (χ3n) is 3.08. The summed E-state index contributed by atoms with van der Waals surface area (Å²) in [5.74, 6) is 0.445. The highest BCUT2D eigenvalue weighted by atomic mass is 79.9. The standard InChI is InChI=1S/C15H13BrClNO2/c1-8-12(5-9(16)6-14(8)18)15(19)11-4-3-10(20-2)7-13(11)17/h3-7H,18H2,1-2H3. The SMILES string of the molecule is COc1ccc(C(=O)c2cc(Br)cc(N)c2C)c(Cl)c1. The minimum absolute atomic E-state index is 0.164. The molecule has 2 aromatic rings. The van der Waals surface area contributed by atoms with Crippen LogP contribution in [0.3, 0.4) is 0 Å². The van der Waals surface area contributed by atoms with Gasteiger partial charge in [0.2, 0.25) is 0 Å². The van der Waals surface area contributed by atoms with Gasteiger partial charge in [-0.05, 0) is 42.8 Å². The smallest absolute Gasteiger partial charge is 0.194 e. The van der Waals surface area contributed by atoms with E-state index in [2.05, 4.69) is 15.9 Å². The molecule has 0 atom stereocenters. The summed E-state index contributed by atoms with van der Waals surface area (Å²) >= 11 is 9.49. The Balaban J connectivity index is 2.52. The van der Waals surface area contributed by atoms with Crippen molar-refractivity contribution in [1.82, 2.24) is 0 Å². The second-order valence-corrected chi connectivity index (χ2v) is 5.67. The molecular formula is C15H13BrClNO2. The number of rotatable bonds is 3. The van der Waals surface area contributed by atoms with Crippen molar-refractivity contribution >= 4 is 39.0 Å². The van der Waals surface area contributed by atoms with Gasteiger partial charge in [-0.1, -0.05) is 27.5 Å². The number of carbonyl (C=O) groups is 1. The molecule has 0 amide bonds. The highest BCUT2D eigenvalue weighted by molar-refractivity contribution is 9.10. The number of hydrogen-bond acceptors (Lipinski definition) is 3. The second kappa shape index (κ2) is 5.85. The molecule has 0 heterocycles. The number of halogens is 2. The van der Waals surface area contributed by atoms with Crippen LogP contribution in [0.5, 0.6) is 5.75 Å². The molecule has 0 fully saturated rings. The fourth-order valence-electron chi connectivity index (χ4n) is 1.89. The van der Waals surface area contributed by atoms with E-state index in [1.54, 1.807) is 37.4 Å². The molecule has 0 aromatic heterocycles. The topological polar surface area (TPSA) is 52.3 Å². The maximum Gasteiger partial charge on any atom is 0.194 e. The summed E-state index contributed by atoms with van der Waals surface area (Å²) in [4.78, 5) is 12.6. The summed E-state index contributed by atoms with van der Waals surface area (Å²) in [6.45, 7) is 1.81. The Bertz CT molecular complexity index is 686. The molecule has 0 radical (unpaired) electrons. The van der Waals surface area contributed by atoms with E-state index >= 15 is 0 Å². The molecule has 0 aliphatic rings. The molecule has 104 valence electrons. The summed E-state index contributed by atoms with van der Waals surface area (Å²) in [5.41, 5.74) is 8.14. The van der Waals surface area contributed by atoms with Crippen molar-refractivity contribution < 1.29 is 9.53 Å². The van der Waals surface area contributed by atoms with Gasteiger partial charge in [0.05, 0.1) is 12.1 Å². The fraction of sp³-hybridized carbons (Fsp3) is 0.133. The highest BCUT2D eigenvalue weighted by Crippen LogP contribution is 2.29. The van der Waals surface area contributed by atoms with Crippen LogP contribution in [0.1, 0.15) is 21.5 Å². The number of hydrogen-bond donors (Lipinski definition) is 1. The lowest BCUT2D eigenvalue weighted by atomic mass is 9.98. The van der Waals surface area contributed by atoms with Gasteiger partial charge in [0.25, 0.3) is 0 Å². The number of methoxy groups -OCH3 is 1. The van der Waals surface area contributed by atoms with Crippen LogP contribution >= 0.6 is 27.5 Å². The Morgan fingerprint density at radius 1 is 1.25 bits per heavy atom. The van der Waals surface area contributed by atoms with Gasteiger partial charge in [-0.15, -0.1) is 0 Å². The zero-order chi connectivity index (χ0) is 14.9. The van der Waals surface area contributed by atoms with Gasteiger partial charge in [-0.2, -0.15) is 0 Å². The largest absolute Gasteiger partial charge is 0.497 e. The van der Waals surface area contributed by atoms with Crippen LogP contribution in [0.25, 0.3) is 0 Å². The minimum Gasteiger partial charge on any atom is -0.497 e. The molecule has 0 unspecified atom stereocenters. The molecule has 2 rings (SSSR count). The van der Waals surface area contributed by atoms with Crippen molar-refractivity contribution in [2.24, 2.45) is 0 Å². The molecule has 3 nitrogen and oxygen atoms in total. The van der Waals surface area contributed by atoms with E-state index in [1.165, 1.54) is 0 Å². The van der Waals surface area contributed by atoms with Crippen LogP contribution in [0, 0.1) is 6.92 Å². The van der Waals surface area contributed by atoms with Crippen LogP contribution in [0.2, 0.25) is 5.02 Å². The van der Waals surface area contributed by atoms with Crippen molar-refractivity contribution in [1.29, 1.82) is 0 Å². The first-order valence-electron chi connectivity index (χ1n) is 5.88. The molecule has 0 aliphatic carbocycles. The third kappa shape index (κ3) is 2.81. The van der Waals surface area contributed by atoms with Crippen molar-refractivity contribution in [3.05, 3.63) is 56.5 Å². The van der Waals surface area contributed by atoms with Gasteiger partial charge in [-0.3, -0.25) is 4.79 Å². The Hall–Kier alpha value is -1.52. The molecule has 0 spiro atoms. The van der Waals surface area contributed by atoms with E-state index in [4.69, 9.17) is 22.1 Å². The number of ether oxygens (including phenoxy) is 1. The first-order valence-corrected chi connectivity index (χ1v) is 7.05. The molecule has 0 saturated carbocycles. The fourth-order valence-corrected chi connectivity index (χ4v) is 2.62.